The first kappa shape index (κ1) is 20.0. The van der Waals surface area contributed by atoms with E-state index in [4.69, 9.17) is 0 Å². The summed E-state index contributed by atoms with van der Waals surface area (Å²) in [5.74, 6) is 0.0531. The molecule has 7 nitrogen and oxygen atoms in total. The van der Waals surface area contributed by atoms with E-state index in [1.165, 1.54) is 5.56 Å². The number of hydrogen-bond acceptors (Lipinski definition) is 5. The van der Waals surface area contributed by atoms with E-state index in [1.807, 2.05) is 17.0 Å². The van der Waals surface area contributed by atoms with Crippen LogP contribution in [0.3, 0.4) is 0 Å². The summed E-state index contributed by atoms with van der Waals surface area (Å²) in [6.07, 6.45) is 2.71. The first-order chi connectivity index (χ1) is 15.1. The standard InChI is InChI=1S/C24H28N4O3/c29-24(26-10-4-5-11-26)21-15-19-14-20(28(30)31)8-9-22(19)27-13-12-25(17-23(21)27)16-18-6-2-1-3-7-18/h1-3,6-9,14,21,23H,4-5,10-13,15-17H2/t21-,23+/m1/s1. The Morgan fingerprint density at radius 1 is 1.03 bits per heavy atom. The Morgan fingerprint density at radius 2 is 1.81 bits per heavy atom. The van der Waals surface area contributed by atoms with E-state index >= 15 is 0 Å². The van der Waals surface area contributed by atoms with Gasteiger partial charge in [0.1, 0.15) is 0 Å². The SMILES string of the molecule is O=C([C@@H]1Cc2cc([N+](=O)[O-])ccc2N2CCN(Cc3ccccc3)C[C@@H]12)N1CCCC1. The number of anilines is 1. The Bertz CT molecular complexity index is 974. The summed E-state index contributed by atoms with van der Waals surface area (Å²) in [7, 11) is 0. The lowest BCUT2D eigenvalue weighted by atomic mass is 9.82. The minimum atomic E-state index is -0.346. The van der Waals surface area contributed by atoms with Gasteiger partial charge < -0.3 is 9.80 Å². The van der Waals surface area contributed by atoms with Gasteiger partial charge in [-0.25, -0.2) is 0 Å². The second-order valence-corrected chi connectivity index (χ2v) is 8.89. The zero-order valence-electron chi connectivity index (χ0n) is 17.7. The molecule has 0 N–H and O–H groups in total. The first-order valence-corrected chi connectivity index (χ1v) is 11.2. The molecule has 0 aliphatic carbocycles. The number of rotatable bonds is 4. The van der Waals surface area contributed by atoms with Gasteiger partial charge in [-0.15, -0.1) is 0 Å². The van der Waals surface area contributed by atoms with Gasteiger partial charge in [-0.3, -0.25) is 19.8 Å². The predicted molar refractivity (Wildman–Crippen MR) is 119 cm³/mol. The molecule has 2 fully saturated rings. The number of hydrogen-bond donors (Lipinski definition) is 0. The minimum absolute atomic E-state index is 0.0968. The molecule has 2 aromatic carbocycles. The normalized spacial score (nSPS) is 23.4. The van der Waals surface area contributed by atoms with Crippen molar-refractivity contribution in [2.45, 2.75) is 31.8 Å². The quantitative estimate of drug-likeness (QED) is 0.562. The topological polar surface area (TPSA) is 69.9 Å². The van der Waals surface area contributed by atoms with Crippen LogP contribution in [0, 0.1) is 16.0 Å². The van der Waals surface area contributed by atoms with Gasteiger partial charge in [0.05, 0.1) is 16.9 Å². The van der Waals surface area contributed by atoms with Crippen LogP contribution in [0.15, 0.2) is 48.5 Å². The maximum absolute atomic E-state index is 13.5. The van der Waals surface area contributed by atoms with Gasteiger partial charge in [0.2, 0.25) is 5.91 Å². The van der Waals surface area contributed by atoms with Crippen LogP contribution in [0.2, 0.25) is 0 Å². The number of non-ortho nitro benzene ring substituents is 1. The maximum atomic E-state index is 13.5. The predicted octanol–water partition coefficient (Wildman–Crippen LogP) is 3.08. The molecule has 1 amide bonds. The lowest BCUT2D eigenvalue weighted by Gasteiger charge is -2.49. The number of benzene rings is 2. The van der Waals surface area contributed by atoms with Crippen LogP contribution in [0.5, 0.6) is 0 Å². The number of piperazine rings is 1. The van der Waals surface area contributed by atoms with Crippen LogP contribution in [-0.4, -0.2) is 59.4 Å². The fourth-order valence-electron chi connectivity index (χ4n) is 5.42. The number of carbonyl (C=O) groups is 1. The number of carbonyl (C=O) groups excluding carboxylic acids is 1. The highest BCUT2D eigenvalue weighted by molar-refractivity contribution is 5.82. The largest absolute Gasteiger partial charge is 0.365 e. The van der Waals surface area contributed by atoms with E-state index in [0.717, 1.165) is 63.4 Å². The van der Waals surface area contributed by atoms with Crippen molar-refractivity contribution in [1.82, 2.24) is 9.80 Å². The van der Waals surface area contributed by atoms with Gasteiger partial charge in [-0.05, 0) is 36.5 Å². The zero-order chi connectivity index (χ0) is 21.4. The highest BCUT2D eigenvalue weighted by Crippen LogP contribution is 2.39. The summed E-state index contributed by atoms with van der Waals surface area (Å²) in [4.78, 5) is 31.2. The molecular formula is C24H28N4O3. The molecule has 2 saturated heterocycles. The molecule has 162 valence electrons. The minimum Gasteiger partial charge on any atom is -0.365 e. The fourth-order valence-corrected chi connectivity index (χ4v) is 5.42. The van der Waals surface area contributed by atoms with Crippen molar-refractivity contribution < 1.29 is 9.72 Å². The smallest absolute Gasteiger partial charge is 0.269 e. The Morgan fingerprint density at radius 3 is 2.55 bits per heavy atom. The molecular weight excluding hydrogens is 392 g/mol. The second kappa shape index (κ2) is 8.30. The number of likely N-dealkylation sites (tertiary alicyclic amines) is 1. The second-order valence-electron chi connectivity index (χ2n) is 8.89. The highest BCUT2D eigenvalue weighted by Gasteiger charge is 2.43. The van der Waals surface area contributed by atoms with Crippen molar-refractivity contribution in [2.75, 3.05) is 37.6 Å². The summed E-state index contributed by atoms with van der Waals surface area (Å²) in [5, 5.41) is 11.3. The Labute approximate surface area is 182 Å². The lowest BCUT2D eigenvalue weighted by Crippen LogP contribution is -2.61. The number of nitrogens with zero attached hydrogens (tertiary/aromatic N) is 4. The van der Waals surface area contributed by atoms with Gasteiger partial charge in [0, 0.05) is 57.1 Å². The fraction of sp³-hybridized carbons (Fsp3) is 0.458. The highest BCUT2D eigenvalue weighted by atomic mass is 16.6. The van der Waals surface area contributed by atoms with E-state index in [0.29, 0.717) is 6.42 Å². The summed E-state index contributed by atoms with van der Waals surface area (Å²) in [5.41, 5.74) is 3.37. The van der Waals surface area contributed by atoms with Crippen LogP contribution in [-0.2, 0) is 17.8 Å². The molecule has 0 unspecified atom stereocenters. The third-order valence-corrected chi connectivity index (χ3v) is 6.97. The average molecular weight is 421 g/mol. The van der Waals surface area contributed by atoms with Gasteiger partial charge in [0.15, 0.2) is 0 Å². The molecule has 2 atom stereocenters. The summed E-state index contributed by atoms with van der Waals surface area (Å²) >= 11 is 0. The Kier molecular flexibility index (Phi) is 5.36. The molecule has 2 aromatic rings. The molecule has 0 spiro atoms. The lowest BCUT2D eigenvalue weighted by molar-refractivity contribution is -0.384. The Balaban J connectivity index is 1.44. The molecule has 0 bridgehead atoms. The maximum Gasteiger partial charge on any atom is 0.269 e. The van der Waals surface area contributed by atoms with Crippen molar-refractivity contribution in [3.05, 3.63) is 69.8 Å². The van der Waals surface area contributed by atoms with E-state index in [9.17, 15) is 14.9 Å². The van der Waals surface area contributed by atoms with Gasteiger partial charge in [-0.2, -0.15) is 0 Å². The molecule has 5 rings (SSSR count). The van der Waals surface area contributed by atoms with E-state index < -0.39 is 0 Å². The third kappa shape index (κ3) is 3.90. The number of amides is 1. The monoisotopic (exact) mass is 420 g/mol. The molecule has 31 heavy (non-hydrogen) atoms. The van der Waals surface area contributed by atoms with Crippen LogP contribution < -0.4 is 4.90 Å². The van der Waals surface area contributed by atoms with Crippen molar-refractivity contribution in [2.24, 2.45) is 5.92 Å². The molecule has 0 radical (unpaired) electrons. The molecule has 3 aliphatic heterocycles. The number of fused-ring (bicyclic) bond motifs is 3. The summed E-state index contributed by atoms with van der Waals surface area (Å²) < 4.78 is 0. The summed E-state index contributed by atoms with van der Waals surface area (Å²) in [6, 6.07) is 15.7. The molecule has 3 heterocycles. The van der Waals surface area contributed by atoms with E-state index in [2.05, 4.69) is 34.1 Å². The van der Waals surface area contributed by atoms with Crippen LogP contribution in [0.25, 0.3) is 0 Å². The van der Waals surface area contributed by atoms with Crippen molar-refractivity contribution >= 4 is 17.3 Å². The van der Waals surface area contributed by atoms with Crippen molar-refractivity contribution in [1.29, 1.82) is 0 Å². The van der Waals surface area contributed by atoms with Gasteiger partial charge in [0.25, 0.3) is 5.69 Å². The third-order valence-electron chi connectivity index (χ3n) is 6.97. The molecule has 0 saturated carbocycles. The molecule has 0 aromatic heterocycles. The number of nitro benzene ring substituents is 1. The first-order valence-electron chi connectivity index (χ1n) is 11.2. The van der Waals surface area contributed by atoms with Crippen molar-refractivity contribution in [3.63, 3.8) is 0 Å². The zero-order valence-corrected chi connectivity index (χ0v) is 17.7. The average Bonchev–Trinajstić information content (AvgIpc) is 3.33. The van der Waals surface area contributed by atoms with Crippen LogP contribution >= 0.6 is 0 Å². The van der Waals surface area contributed by atoms with Gasteiger partial charge >= 0.3 is 0 Å². The molecule has 7 heteroatoms. The van der Waals surface area contributed by atoms with Crippen LogP contribution in [0.1, 0.15) is 24.0 Å². The number of nitro groups is 1. The van der Waals surface area contributed by atoms with Crippen LogP contribution in [0.4, 0.5) is 11.4 Å². The Hall–Kier alpha value is -2.93. The molecule has 3 aliphatic rings. The van der Waals surface area contributed by atoms with E-state index in [1.54, 1.807) is 12.1 Å². The van der Waals surface area contributed by atoms with Gasteiger partial charge in [-0.1, -0.05) is 30.3 Å². The van der Waals surface area contributed by atoms with E-state index in [-0.39, 0.29) is 28.5 Å². The summed E-state index contributed by atoms with van der Waals surface area (Å²) in [6.45, 7) is 5.10. The van der Waals surface area contributed by atoms with Crippen molar-refractivity contribution in [3.8, 4) is 0 Å².